The topological polar surface area (TPSA) is 28.2 Å². The quantitative estimate of drug-likeness (QED) is 0.872. The zero-order valence-corrected chi connectivity index (χ0v) is 10.8. The predicted molar refractivity (Wildman–Crippen MR) is 74.5 cm³/mol. The van der Waals surface area contributed by atoms with Crippen molar-refractivity contribution in [2.75, 3.05) is 19.6 Å². The number of hydrogen-bond acceptors (Lipinski definition) is 3. The van der Waals surface area contributed by atoms with Gasteiger partial charge >= 0.3 is 0 Å². The Morgan fingerprint density at radius 2 is 2.17 bits per heavy atom. The van der Waals surface area contributed by atoms with Crippen molar-refractivity contribution < 1.29 is 0 Å². The minimum atomic E-state index is 0.583. The van der Waals surface area contributed by atoms with Crippen molar-refractivity contribution in [3.63, 3.8) is 0 Å². The van der Waals surface area contributed by atoms with Crippen molar-refractivity contribution in [3.05, 3.63) is 42.1 Å². The highest BCUT2D eigenvalue weighted by atomic mass is 15.2. The van der Waals surface area contributed by atoms with Gasteiger partial charge in [-0.2, -0.15) is 0 Å². The van der Waals surface area contributed by atoms with Crippen molar-refractivity contribution in [2.45, 2.75) is 19.5 Å². The lowest BCUT2D eigenvalue weighted by molar-refractivity contribution is 0.198. The molecule has 18 heavy (non-hydrogen) atoms. The zero-order chi connectivity index (χ0) is 12.4. The van der Waals surface area contributed by atoms with Gasteiger partial charge in [-0.3, -0.25) is 9.88 Å². The van der Waals surface area contributed by atoms with Crippen molar-refractivity contribution in [3.8, 4) is 0 Å². The number of rotatable bonds is 2. The molecule has 2 heterocycles. The number of para-hydroxylation sites is 1. The number of nitrogens with zero attached hydrogens (tertiary/aromatic N) is 2. The molecule has 0 radical (unpaired) electrons. The predicted octanol–water partition coefficient (Wildman–Crippen LogP) is 2.03. The Bertz CT molecular complexity index is 538. The van der Waals surface area contributed by atoms with E-state index in [0.29, 0.717) is 6.04 Å². The van der Waals surface area contributed by atoms with Crippen molar-refractivity contribution in [1.29, 1.82) is 0 Å². The third-order valence-corrected chi connectivity index (χ3v) is 3.49. The first-order valence-corrected chi connectivity index (χ1v) is 6.62. The highest BCUT2D eigenvalue weighted by molar-refractivity contribution is 5.78. The number of aromatic nitrogens is 1. The van der Waals surface area contributed by atoms with Crippen LogP contribution in [0, 0.1) is 0 Å². The van der Waals surface area contributed by atoms with Crippen molar-refractivity contribution in [1.82, 2.24) is 15.2 Å². The summed E-state index contributed by atoms with van der Waals surface area (Å²) in [6.07, 6.45) is 0. The van der Waals surface area contributed by atoms with Crippen LogP contribution in [0.4, 0.5) is 0 Å². The van der Waals surface area contributed by atoms with E-state index >= 15 is 0 Å². The van der Waals surface area contributed by atoms with E-state index in [0.717, 1.165) is 31.7 Å². The summed E-state index contributed by atoms with van der Waals surface area (Å²) >= 11 is 0. The Labute approximate surface area is 108 Å². The van der Waals surface area contributed by atoms with Crippen LogP contribution >= 0.6 is 0 Å². The van der Waals surface area contributed by atoms with E-state index in [-0.39, 0.29) is 0 Å². The molecule has 3 heteroatoms. The maximum atomic E-state index is 4.73. The Balaban J connectivity index is 1.78. The second kappa shape index (κ2) is 5.04. The van der Waals surface area contributed by atoms with Gasteiger partial charge in [0, 0.05) is 37.6 Å². The lowest BCUT2D eigenvalue weighted by Gasteiger charge is -2.31. The van der Waals surface area contributed by atoms with E-state index in [1.165, 1.54) is 11.1 Å². The van der Waals surface area contributed by atoms with Gasteiger partial charge in [-0.15, -0.1) is 0 Å². The number of nitrogens with one attached hydrogen (secondary N) is 1. The second-order valence-electron chi connectivity index (χ2n) is 5.09. The van der Waals surface area contributed by atoms with Crippen LogP contribution < -0.4 is 5.32 Å². The zero-order valence-electron chi connectivity index (χ0n) is 10.8. The van der Waals surface area contributed by atoms with Crippen LogP contribution in [0.3, 0.4) is 0 Å². The number of piperazine rings is 1. The molecule has 1 atom stereocenters. The van der Waals surface area contributed by atoms with Gasteiger partial charge in [0.1, 0.15) is 0 Å². The highest BCUT2D eigenvalue weighted by Crippen LogP contribution is 2.13. The summed E-state index contributed by atoms with van der Waals surface area (Å²) in [7, 11) is 0. The van der Waals surface area contributed by atoms with E-state index in [1.807, 2.05) is 6.07 Å². The van der Waals surface area contributed by atoms with Crippen LogP contribution in [0.25, 0.3) is 10.9 Å². The van der Waals surface area contributed by atoms with Gasteiger partial charge in [-0.1, -0.05) is 24.3 Å². The van der Waals surface area contributed by atoms with Crippen LogP contribution in [-0.4, -0.2) is 35.6 Å². The molecule has 3 nitrogen and oxygen atoms in total. The highest BCUT2D eigenvalue weighted by Gasteiger charge is 2.15. The first-order chi connectivity index (χ1) is 8.81. The number of fused-ring (bicyclic) bond motifs is 1. The number of hydrogen-bond donors (Lipinski definition) is 1. The molecule has 2 aromatic rings. The first-order valence-electron chi connectivity index (χ1n) is 6.62. The standard InChI is InChI=1S/C15H19N3/c1-12-10-18(9-8-16-12)11-14-7-6-13-4-2-3-5-15(13)17-14/h2-7,12,16H,8-11H2,1H3/t12-/m0/s1. The molecule has 0 aliphatic carbocycles. The lowest BCUT2D eigenvalue weighted by Crippen LogP contribution is -2.48. The summed E-state index contributed by atoms with van der Waals surface area (Å²) in [5.41, 5.74) is 2.26. The monoisotopic (exact) mass is 241 g/mol. The van der Waals surface area contributed by atoms with Gasteiger partial charge in [-0.05, 0) is 19.1 Å². The Morgan fingerprint density at radius 1 is 1.28 bits per heavy atom. The van der Waals surface area contributed by atoms with E-state index in [2.05, 4.69) is 47.5 Å². The molecule has 1 fully saturated rings. The molecule has 0 spiro atoms. The Hall–Kier alpha value is -1.45. The summed E-state index contributed by atoms with van der Waals surface area (Å²) in [5.74, 6) is 0. The van der Waals surface area contributed by atoms with E-state index in [9.17, 15) is 0 Å². The first kappa shape index (κ1) is 11.6. The fourth-order valence-electron chi connectivity index (χ4n) is 2.58. The van der Waals surface area contributed by atoms with Gasteiger partial charge in [0.25, 0.3) is 0 Å². The van der Waals surface area contributed by atoms with E-state index < -0.39 is 0 Å². The molecule has 0 bridgehead atoms. The molecule has 0 saturated carbocycles. The fourth-order valence-corrected chi connectivity index (χ4v) is 2.58. The van der Waals surface area contributed by atoms with Gasteiger partial charge in [0.2, 0.25) is 0 Å². The normalized spacial score (nSPS) is 21.3. The fraction of sp³-hybridized carbons (Fsp3) is 0.400. The molecule has 1 aliphatic rings. The van der Waals surface area contributed by atoms with Crippen LogP contribution in [-0.2, 0) is 6.54 Å². The molecule has 94 valence electrons. The number of benzene rings is 1. The van der Waals surface area contributed by atoms with Gasteiger partial charge < -0.3 is 5.32 Å². The molecule has 1 saturated heterocycles. The summed E-state index contributed by atoms with van der Waals surface area (Å²) in [4.78, 5) is 7.20. The van der Waals surface area contributed by atoms with Crippen LogP contribution in [0.15, 0.2) is 36.4 Å². The summed E-state index contributed by atoms with van der Waals surface area (Å²) < 4.78 is 0. The Morgan fingerprint density at radius 3 is 3.06 bits per heavy atom. The Kier molecular flexibility index (Phi) is 3.26. The maximum absolute atomic E-state index is 4.73. The van der Waals surface area contributed by atoms with Crippen LogP contribution in [0.1, 0.15) is 12.6 Å². The molecule has 0 unspecified atom stereocenters. The van der Waals surface area contributed by atoms with E-state index in [1.54, 1.807) is 0 Å². The third-order valence-electron chi connectivity index (χ3n) is 3.49. The van der Waals surface area contributed by atoms with Crippen LogP contribution in [0.5, 0.6) is 0 Å². The molecule has 1 N–H and O–H groups in total. The van der Waals surface area contributed by atoms with Crippen molar-refractivity contribution >= 4 is 10.9 Å². The molecule has 1 aliphatic heterocycles. The summed E-state index contributed by atoms with van der Waals surface area (Å²) in [5, 5.41) is 4.68. The van der Waals surface area contributed by atoms with Gasteiger partial charge in [-0.25, -0.2) is 0 Å². The van der Waals surface area contributed by atoms with Crippen LogP contribution in [0.2, 0.25) is 0 Å². The average Bonchev–Trinajstić information content (AvgIpc) is 2.39. The molecule has 1 aromatic carbocycles. The van der Waals surface area contributed by atoms with Gasteiger partial charge in [0.15, 0.2) is 0 Å². The smallest absolute Gasteiger partial charge is 0.0705 e. The minimum Gasteiger partial charge on any atom is -0.312 e. The average molecular weight is 241 g/mol. The largest absolute Gasteiger partial charge is 0.312 e. The number of pyridine rings is 1. The summed E-state index contributed by atoms with van der Waals surface area (Å²) in [6, 6.07) is 13.2. The second-order valence-corrected chi connectivity index (χ2v) is 5.09. The molecule has 0 amide bonds. The van der Waals surface area contributed by atoms with E-state index in [4.69, 9.17) is 4.98 Å². The molecular weight excluding hydrogens is 222 g/mol. The molecular formula is C15H19N3. The minimum absolute atomic E-state index is 0.583. The third kappa shape index (κ3) is 2.52. The molecule has 3 rings (SSSR count). The molecule has 1 aromatic heterocycles. The SMILES string of the molecule is C[C@H]1CN(Cc2ccc3ccccc3n2)CCN1. The summed E-state index contributed by atoms with van der Waals surface area (Å²) in [6.45, 7) is 6.49. The maximum Gasteiger partial charge on any atom is 0.0705 e. The lowest BCUT2D eigenvalue weighted by atomic mass is 10.2. The van der Waals surface area contributed by atoms with Gasteiger partial charge in [0.05, 0.1) is 11.2 Å². The van der Waals surface area contributed by atoms with Crippen molar-refractivity contribution in [2.24, 2.45) is 0 Å².